The highest BCUT2D eigenvalue weighted by Crippen LogP contribution is 2.31. The molecule has 0 spiro atoms. The van der Waals surface area contributed by atoms with Gasteiger partial charge in [-0.05, 0) is 57.8 Å². The number of allylic oxidation sites excluding steroid dienone is 5. The summed E-state index contributed by atoms with van der Waals surface area (Å²) in [5.41, 5.74) is 0. The van der Waals surface area contributed by atoms with Crippen LogP contribution in [-0.2, 0) is 23.7 Å². The number of amides is 1. The van der Waals surface area contributed by atoms with Crippen molar-refractivity contribution in [2.24, 2.45) is 0 Å². The number of carbonyl (C=O) groups excluding carboxylic acids is 1. The van der Waals surface area contributed by atoms with Crippen molar-refractivity contribution in [3.05, 3.63) is 36.5 Å². The Morgan fingerprint density at radius 1 is 0.350 bits per heavy atom. The monoisotopic (exact) mass is 1420 g/mol. The van der Waals surface area contributed by atoms with Gasteiger partial charge in [-0.2, -0.15) is 0 Å². The topological polar surface area (TPSA) is 228 Å². The number of hydrogen-bond donors (Lipinski definition) is 9. The Bertz CT molecular complexity index is 1820. The quantitative estimate of drug-likeness (QED) is 0.0204. The molecule has 2 aliphatic rings. The molecule has 12 atom stereocenters. The van der Waals surface area contributed by atoms with Gasteiger partial charge in [0.15, 0.2) is 12.6 Å². The first-order valence-electron chi connectivity index (χ1n) is 43.2. The van der Waals surface area contributed by atoms with Crippen molar-refractivity contribution in [3.63, 3.8) is 0 Å². The van der Waals surface area contributed by atoms with E-state index in [-0.39, 0.29) is 18.9 Å². The maximum atomic E-state index is 13.4. The minimum absolute atomic E-state index is 0.240. The molecule has 14 nitrogen and oxygen atoms in total. The van der Waals surface area contributed by atoms with Crippen molar-refractivity contribution in [2.75, 3.05) is 19.8 Å². The van der Waals surface area contributed by atoms with E-state index in [9.17, 15) is 45.6 Å². The Hall–Kier alpha value is -1.79. The summed E-state index contributed by atoms with van der Waals surface area (Å²) < 4.78 is 22.9. The Kier molecular flexibility index (Phi) is 66.2. The zero-order valence-electron chi connectivity index (χ0n) is 65.0. The zero-order chi connectivity index (χ0) is 72.2. The minimum atomic E-state index is -1.79. The Balaban J connectivity index is 1.58. The minimum Gasteiger partial charge on any atom is -0.394 e. The van der Waals surface area contributed by atoms with Crippen LogP contribution < -0.4 is 5.32 Å². The normalized spacial score (nSPS) is 21.9. The molecule has 2 heterocycles. The average molecular weight is 1420 g/mol. The molecule has 0 aromatic rings. The second-order valence-corrected chi connectivity index (χ2v) is 30.7. The Morgan fingerprint density at radius 2 is 0.640 bits per heavy atom. The van der Waals surface area contributed by atoms with Gasteiger partial charge >= 0.3 is 0 Å². The van der Waals surface area contributed by atoms with Crippen LogP contribution in [0.25, 0.3) is 0 Å². The van der Waals surface area contributed by atoms with Gasteiger partial charge in [0.1, 0.15) is 48.8 Å². The highest BCUT2D eigenvalue weighted by molar-refractivity contribution is 5.76. The first-order valence-corrected chi connectivity index (χ1v) is 43.2. The lowest BCUT2D eigenvalue weighted by Crippen LogP contribution is -2.65. The summed E-state index contributed by atoms with van der Waals surface area (Å²) in [5, 5.41) is 87.7. The summed E-state index contributed by atoms with van der Waals surface area (Å²) in [5.74, 6) is -0.240. The summed E-state index contributed by atoms with van der Waals surface area (Å²) in [6, 6.07) is -0.932. The molecule has 590 valence electrons. The number of hydrogen-bond acceptors (Lipinski definition) is 13. The van der Waals surface area contributed by atoms with E-state index in [2.05, 4.69) is 43.5 Å². The lowest BCUT2D eigenvalue weighted by Gasteiger charge is -2.46. The fourth-order valence-electron chi connectivity index (χ4n) is 14.5. The van der Waals surface area contributed by atoms with Crippen LogP contribution >= 0.6 is 0 Å². The van der Waals surface area contributed by atoms with Crippen LogP contribution in [-0.4, -0.2) is 140 Å². The van der Waals surface area contributed by atoms with Gasteiger partial charge in [0.25, 0.3) is 0 Å². The van der Waals surface area contributed by atoms with Crippen molar-refractivity contribution in [3.8, 4) is 0 Å². The van der Waals surface area contributed by atoms with Crippen LogP contribution in [0.15, 0.2) is 36.5 Å². The zero-order valence-corrected chi connectivity index (χ0v) is 65.0. The second-order valence-electron chi connectivity index (χ2n) is 30.7. The number of unbranched alkanes of at least 4 members (excludes halogenated alkanes) is 57. The maximum Gasteiger partial charge on any atom is 0.220 e. The molecular weight excluding hydrogens is 1250 g/mol. The van der Waals surface area contributed by atoms with Crippen LogP contribution in [0.4, 0.5) is 0 Å². The standard InChI is InChI=1S/C86H163NO13/c1-3-5-7-9-11-13-15-17-19-21-23-25-27-29-31-33-34-35-36-37-38-39-40-42-44-46-48-50-52-54-56-58-60-62-64-66-68-70-78(91)87-74(73-97-85-83(96)81(94)84(77(72-89)99-85)100-86-82(95)80(93)79(92)76(71-88)98-86)75(90)69-67-65-63-61-59-57-55-53-51-49-47-45-43-41-32-30-28-26-24-22-20-18-16-14-12-10-8-6-4-2/h21,23,59,61,67,69,74-77,79-86,88-90,92-96H,3-20,22,24-58,60,62-66,68,70-73H2,1-2H3,(H,87,91)/b23-21-,61-59+,69-67+. The summed E-state index contributed by atoms with van der Waals surface area (Å²) in [6.45, 7) is 2.86. The molecule has 9 N–H and O–H groups in total. The molecule has 1 amide bonds. The van der Waals surface area contributed by atoms with E-state index >= 15 is 0 Å². The summed E-state index contributed by atoms with van der Waals surface area (Å²) in [7, 11) is 0. The van der Waals surface area contributed by atoms with Crippen molar-refractivity contribution in [2.45, 2.75) is 485 Å². The van der Waals surface area contributed by atoms with Gasteiger partial charge in [-0.3, -0.25) is 4.79 Å². The molecule has 2 aliphatic heterocycles. The van der Waals surface area contributed by atoms with Gasteiger partial charge in [-0.15, -0.1) is 0 Å². The van der Waals surface area contributed by atoms with E-state index < -0.39 is 86.8 Å². The molecule has 0 aromatic heterocycles. The van der Waals surface area contributed by atoms with Gasteiger partial charge in [0, 0.05) is 6.42 Å². The lowest BCUT2D eigenvalue weighted by atomic mass is 9.97. The van der Waals surface area contributed by atoms with E-state index in [1.54, 1.807) is 6.08 Å². The highest BCUT2D eigenvalue weighted by atomic mass is 16.7. The molecule has 100 heavy (non-hydrogen) atoms. The molecule has 2 rings (SSSR count). The van der Waals surface area contributed by atoms with E-state index in [0.717, 1.165) is 32.1 Å². The largest absolute Gasteiger partial charge is 0.394 e. The maximum absolute atomic E-state index is 13.4. The predicted molar refractivity (Wildman–Crippen MR) is 415 cm³/mol. The van der Waals surface area contributed by atoms with Crippen molar-refractivity contribution in [1.82, 2.24) is 5.32 Å². The van der Waals surface area contributed by atoms with E-state index in [1.165, 1.54) is 347 Å². The van der Waals surface area contributed by atoms with Gasteiger partial charge in [0.05, 0.1) is 32.0 Å². The molecule has 12 unspecified atom stereocenters. The van der Waals surface area contributed by atoms with E-state index in [0.29, 0.717) is 12.8 Å². The third-order valence-corrected chi connectivity index (χ3v) is 21.3. The van der Waals surface area contributed by atoms with Gasteiger partial charge in [-0.1, -0.05) is 384 Å². The predicted octanol–water partition coefficient (Wildman–Crippen LogP) is 20.4. The van der Waals surface area contributed by atoms with Crippen molar-refractivity contribution >= 4 is 5.91 Å². The third kappa shape index (κ3) is 52.2. The number of rotatable bonds is 74. The third-order valence-electron chi connectivity index (χ3n) is 21.3. The smallest absolute Gasteiger partial charge is 0.220 e. The van der Waals surface area contributed by atoms with Gasteiger partial charge in [0.2, 0.25) is 5.91 Å². The van der Waals surface area contributed by atoms with Crippen molar-refractivity contribution < 1.29 is 64.6 Å². The summed E-state index contributed by atoms with van der Waals surface area (Å²) in [6.07, 6.45) is 76.9. The van der Waals surface area contributed by atoms with Crippen LogP contribution in [0.3, 0.4) is 0 Å². The second kappa shape index (κ2) is 70.2. The number of nitrogens with one attached hydrogen (secondary N) is 1. The molecule has 14 heteroatoms. The Labute approximate surface area is 614 Å². The molecule has 0 bridgehead atoms. The number of ether oxygens (including phenoxy) is 4. The van der Waals surface area contributed by atoms with Crippen LogP contribution in [0.5, 0.6) is 0 Å². The van der Waals surface area contributed by atoms with E-state index in [4.69, 9.17) is 18.9 Å². The van der Waals surface area contributed by atoms with Gasteiger partial charge < -0.3 is 65.1 Å². The fourth-order valence-corrected chi connectivity index (χ4v) is 14.5. The number of carbonyl (C=O) groups is 1. The molecule has 0 aliphatic carbocycles. The first kappa shape index (κ1) is 94.3. The summed E-state index contributed by atoms with van der Waals surface area (Å²) in [4.78, 5) is 13.4. The average Bonchev–Trinajstić information content (AvgIpc) is 0.791. The van der Waals surface area contributed by atoms with E-state index in [1.807, 2.05) is 6.08 Å². The Morgan fingerprint density at radius 3 is 0.980 bits per heavy atom. The molecule has 0 saturated carbocycles. The molecule has 2 saturated heterocycles. The highest BCUT2D eigenvalue weighted by Gasteiger charge is 2.51. The number of aliphatic hydroxyl groups excluding tert-OH is 8. The summed E-state index contributed by atoms with van der Waals surface area (Å²) >= 11 is 0. The molecule has 0 aromatic carbocycles. The first-order chi connectivity index (χ1) is 49.1. The molecular formula is C86H163NO13. The van der Waals surface area contributed by atoms with Crippen LogP contribution in [0.2, 0.25) is 0 Å². The van der Waals surface area contributed by atoms with Crippen molar-refractivity contribution in [1.29, 1.82) is 0 Å². The van der Waals surface area contributed by atoms with Crippen LogP contribution in [0.1, 0.15) is 412 Å². The van der Waals surface area contributed by atoms with Gasteiger partial charge in [-0.25, -0.2) is 0 Å². The SMILES string of the molecule is CCCCCCCCCC/C=C\CCCCCCCCCCCCCCCCCCCCCCCCCCCC(=O)NC(COC1OC(CO)C(OC2OC(CO)C(O)C(O)C2O)C(O)C1O)C(O)/C=C/CC/C=C/CCCCCCCCCCCCCCCCCCCCCCCCC. The molecule has 2 fully saturated rings. The fraction of sp³-hybridized carbons (Fsp3) is 0.919. The van der Waals surface area contributed by atoms with Crippen LogP contribution in [0, 0.1) is 0 Å². The molecule has 0 radical (unpaired) electrons. The lowest BCUT2D eigenvalue weighted by molar-refractivity contribution is -0.359. The number of aliphatic hydroxyl groups is 8.